The van der Waals surface area contributed by atoms with Gasteiger partial charge in [-0.05, 0) is 6.07 Å². The molecule has 1 unspecified atom stereocenters. The van der Waals surface area contributed by atoms with Crippen molar-refractivity contribution in [3.8, 4) is 0 Å². The second kappa shape index (κ2) is 4.82. The van der Waals surface area contributed by atoms with Gasteiger partial charge in [-0.3, -0.25) is 9.48 Å². The lowest BCUT2D eigenvalue weighted by Gasteiger charge is -2.17. The number of likely N-dealkylation sites (tertiary alicyclic amines) is 1. The van der Waals surface area contributed by atoms with Crippen molar-refractivity contribution in [1.29, 1.82) is 0 Å². The molecule has 1 fully saturated rings. The molecule has 1 aromatic heterocycles. The molecule has 0 saturated carbocycles. The highest BCUT2D eigenvalue weighted by atomic mass is 19.1. The zero-order valence-electron chi connectivity index (χ0n) is 12.7. The molecule has 21 heavy (non-hydrogen) atoms. The van der Waals surface area contributed by atoms with E-state index in [0.717, 1.165) is 5.69 Å². The molecule has 7 heteroatoms. The Morgan fingerprint density at radius 1 is 1.43 bits per heavy atom. The lowest BCUT2D eigenvalue weighted by atomic mass is 9.92. The molecule has 1 N–H and O–H groups in total. The quantitative estimate of drug-likeness (QED) is 0.894. The van der Waals surface area contributed by atoms with Gasteiger partial charge < -0.3 is 10.0 Å². The van der Waals surface area contributed by atoms with Gasteiger partial charge in [0, 0.05) is 25.4 Å². The van der Waals surface area contributed by atoms with Gasteiger partial charge in [0.05, 0.1) is 12.2 Å². The minimum Gasteiger partial charge on any atom is -0.479 e. The first-order valence-corrected chi connectivity index (χ1v) is 6.81. The van der Waals surface area contributed by atoms with E-state index in [2.05, 4.69) is 5.10 Å². The molecular formula is C14H20FN3O3. The summed E-state index contributed by atoms with van der Waals surface area (Å²) in [4.78, 5) is 24.6. The lowest BCUT2D eigenvalue weighted by Crippen LogP contribution is -2.39. The van der Waals surface area contributed by atoms with E-state index in [9.17, 15) is 14.0 Å². The van der Waals surface area contributed by atoms with Crippen LogP contribution in [0, 0.1) is 0 Å². The Bertz CT molecular complexity index is 591. The second-order valence-electron chi connectivity index (χ2n) is 6.54. The Hall–Kier alpha value is -1.92. The number of nitrogens with zero attached hydrogens (tertiary/aromatic N) is 3. The van der Waals surface area contributed by atoms with Gasteiger partial charge in [0.1, 0.15) is 5.69 Å². The van der Waals surface area contributed by atoms with Crippen molar-refractivity contribution < 1.29 is 19.1 Å². The van der Waals surface area contributed by atoms with Crippen LogP contribution in [0.1, 0.15) is 43.4 Å². The standard InChI is InChI=1S/C14H20FN3O3/c1-13(2,3)10-7-9(17(4)16-10)11(19)18-6-5-14(15,8-18)12(20)21/h7H,5-6,8H2,1-4H3,(H,20,21). The number of rotatable bonds is 2. The van der Waals surface area contributed by atoms with Gasteiger partial charge in [-0.2, -0.15) is 5.10 Å². The van der Waals surface area contributed by atoms with Crippen molar-refractivity contribution in [3.05, 3.63) is 17.5 Å². The number of amides is 1. The first kappa shape index (κ1) is 15.5. The number of hydrogen-bond donors (Lipinski definition) is 1. The molecule has 0 spiro atoms. The summed E-state index contributed by atoms with van der Waals surface area (Å²) >= 11 is 0. The fourth-order valence-corrected chi connectivity index (χ4v) is 2.32. The summed E-state index contributed by atoms with van der Waals surface area (Å²) in [5.74, 6) is -1.90. The molecule has 0 radical (unpaired) electrons. The SMILES string of the molecule is Cn1nc(C(C)(C)C)cc1C(=O)N1CCC(F)(C(=O)O)C1. The third kappa shape index (κ3) is 2.77. The Morgan fingerprint density at radius 3 is 2.48 bits per heavy atom. The van der Waals surface area contributed by atoms with Crippen molar-refractivity contribution in [2.45, 2.75) is 38.3 Å². The van der Waals surface area contributed by atoms with Crippen LogP contribution in [0.5, 0.6) is 0 Å². The number of carboxylic acid groups (broad SMARTS) is 1. The number of carboxylic acids is 1. The molecule has 1 aromatic rings. The predicted octanol–water partition coefficient (Wildman–Crippen LogP) is 1.36. The zero-order chi connectivity index (χ0) is 16.0. The van der Waals surface area contributed by atoms with Crippen molar-refractivity contribution in [2.24, 2.45) is 7.05 Å². The van der Waals surface area contributed by atoms with Crippen LogP contribution in [-0.4, -0.2) is 50.4 Å². The number of aromatic nitrogens is 2. The van der Waals surface area contributed by atoms with E-state index in [1.165, 1.54) is 9.58 Å². The molecule has 1 aliphatic heterocycles. The molecular weight excluding hydrogens is 277 g/mol. The fourth-order valence-electron chi connectivity index (χ4n) is 2.32. The minimum absolute atomic E-state index is 0.0949. The van der Waals surface area contributed by atoms with Gasteiger partial charge in [0.25, 0.3) is 5.91 Å². The summed E-state index contributed by atoms with van der Waals surface area (Å²) in [6, 6.07) is 1.68. The molecule has 1 aliphatic rings. The molecule has 116 valence electrons. The number of halogens is 1. The van der Waals surface area contributed by atoms with Crippen LogP contribution < -0.4 is 0 Å². The average Bonchev–Trinajstić information content (AvgIpc) is 2.92. The summed E-state index contributed by atoms with van der Waals surface area (Å²) in [7, 11) is 1.65. The summed E-state index contributed by atoms with van der Waals surface area (Å²) in [6.07, 6.45) is -0.182. The summed E-state index contributed by atoms with van der Waals surface area (Å²) in [5.41, 5.74) is -1.44. The average molecular weight is 297 g/mol. The minimum atomic E-state index is -2.35. The number of alkyl halides is 1. The topological polar surface area (TPSA) is 75.4 Å². The van der Waals surface area contributed by atoms with Crippen LogP contribution in [0.25, 0.3) is 0 Å². The maximum Gasteiger partial charge on any atom is 0.343 e. The number of carbonyl (C=O) groups is 2. The van der Waals surface area contributed by atoms with Crippen molar-refractivity contribution >= 4 is 11.9 Å². The van der Waals surface area contributed by atoms with Gasteiger partial charge in [0.2, 0.25) is 5.67 Å². The number of aliphatic carboxylic acids is 1. The van der Waals surface area contributed by atoms with Crippen LogP contribution in [0.4, 0.5) is 4.39 Å². The third-order valence-electron chi connectivity index (χ3n) is 3.76. The molecule has 0 aromatic carbocycles. The number of carbonyl (C=O) groups excluding carboxylic acids is 1. The van der Waals surface area contributed by atoms with E-state index in [-0.39, 0.29) is 24.3 Å². The van der Waals surface area contributed by atoms with E-state index < -0.39 is 18.2 Å². The number of hydrogen-bond acceptors (Lipinski definition) is 3. The smallest absolute Gasteiger partial charge is 0.343 e. The first-order chi connectivity index (χ1) is 9.54. The van der Waals surface area contributed by atoms with E-state index in [1.807, 2.05) is 20.8 Å². The fraction of sp³-hybridized carbons (Fsp3) is 0.643. The Morgan fingerprint density at radius 2 is 2.05 bits per heavy atom. The maximum absolute atomic E-state index is 14.0. The normalized spacial score (nSPS) is 22.6. The van der Waals surface area contributed by atoms with Gasteiger partial charge in [-0.1, -0.05) is 20.8 Å². The lowest BCUT2D eigenvalue weighted by molar-refractivity contribution is -0.149. The van der Waals surface area contributed by atoms with Crippen LogP contribution >= 0.6 is 0 Å². The third-order valence-corrected chi connectivity index (χ3v) is 3.76. The van der Waals surface area contributed by atoms with Crippen LogP contribution in [-0.2, 0) is 17.3 Å². The largest absolute Gasteiger partial charge is 0.479 e. The van der Waals surface area contributed by atoms with Gasteiger partial charge in [-0.25, -0.2) is 9.18 Å². The highest BCUT2D eigenvalue weighted by Crippen LogP contribution is 2.28. The summed E-state index contributed by atoms with van der Waals surface area (Å²) in [5, 5.41) is 13.2. The van der Waals surface area contributed by atoms with Crippen molar-refractivity contribution in [3.63, 3.8) is 0 Å². The van der Waals surface area contributed by atoms with Gasteiger partial charge in [-0.15, -0.1) is 0 Å². The van der Waals surface area contributed by atoms with Gasteiger partial charge >= 0.3 is 5.97 Å². The first-order valence-electron chi connectivity index (χ1n) is 6.81. The molecule has 0 bridgehead atoms. The molecule has 1 amide bonds. The van der Waals surface area contributed by atoms with Crippen molar-refractivity contribution in [1.82, 2.24) is 14.7 Å². The monoisotopic (exact) mass is 297 g/mol. The summed E-state index contributed by atoms with van der Waals surface area (Å²) < 4.78 is 15.5. The van der Waals surface area contributed by atoms with Crippen LogP contribution in [0.2, 0.25) is 0 Å². The Balaban J connectivity index is 2.23. The highest BCUT2D eigenvalue weighted by Gasteiger charge is 2.47. The molecule has 0 aliphatic carbocycles. The molecule has 1 atom stereocenters. The zero-order valence-corrected chi connectivity index (χ0v) is 12.7. The van der Waals surface area contributed by atoms with E-state index in [4.69, 9.17) is 5.11 Å². The Labute approximate surface area is 122 Å². The summed E-state index contributed by atoms with van der Waals surface area (Å²) in [6.45, 7) is 5.62. The highest BCUT2D eigenvalue weighted by molar-refractivity contribution is 5.94. The van der Waals surface area contributed by atoms with E-state index >= 15 is 0 Å². The predicted molar refractivity (Wildman–Crippen MR) is 73.9 cm³/mol. The molecule has 2 rings (SSSR count). The second-order valence-corrected chi connectivity index (χ2v) is 6.54. The molecule has 2 heterocycles. The van der Waals surface area contributed by atoms with Crippen molar-refractivity contribution in [2.75, 3.05) is 13.1 Å². The number of aryl methyl sites for hydroxylation is 1. The van der Waals surface area contributed by atoms with Gasteiger partial charge in [0.15, 0.2) is 0 Å². The molecule has 1 saturated heterocycles. The molecule has 6 nitrogen and oxygen atoms in total. The Kier molecular flexibility index (Phi) is 3.55. The van der Waals surface area contributed by atoms with E-state index in [1.54, 1.807) is 13.1 Å². The van der Waals surface area contributed by atoms with Crippen LogP contribution in [0.3, 0.4) is 0 Å². The van der Waals surface area contributed by atoms with Crippen LogP contribution in [0.15, 0.2) is 6.07 Å². The van der Waals surface area contributed by atoms with E-state index in [0.29, 0.717) is 5.69 Å². The maximum atomic E-state index is 14.0.